The first-order chi connectivity index (χ1) is 12.3. The Morgan fingerprint density at radius 2 is 1.65 bits per heavy atom. The van der Waals surface area contributed by atoms with Crippen LogP contribution in [0.2, 0.25) is 0 Å². The lowest BCUT2D eigenvalue weighted by molar-refractivity contribution is -0.123. The quantitative estimate of drug-likeness (QED) is 0.713. The van der Waals surface area contributed by atoms with E-state index in [1.54, 1.807) is 13.0 Å². The second-order valence-corrected chi connectivity index (χ2v) is 5.57. The van der Waals surface area contributed by atoms with Crippen LogP contribution in [0.3, 0.4) is 0 Å². The first-order valence-electron chi connectivity index (χ1n) is 7.71. The summed E-state index contributed by atoms with van der Waals surface area (Å²) in [5, 5.41) is 4.84. The number of hydrogen-bond acceptors (Lipinski definition) is 4. The number of amides is 3. The number of nitrogens with one attached hydrogen (secondary N) is 2. The van der Waals surface area contributed by atoms with Gasteiger partial charge in [0, 0.05) is 11.4 Å². The summed E-state index contributed by atoms with van der Waals surface area (Å²) in [6.45, 7) is 3.01. The maximum Gasteiger partial charge on any atom is 0.338 e. The maximum absolute atomic E-state index is 13.5. The van der Waals surface area contributed by atoms with Gasteiger partial charge in [-0.15, -0.1) is 0 Å². The number of carbonyl (C=O) groups is 3. The molecule has 1 unspecified atom stereocenters. The van der Waals surface area contributed by atoms with Crippen LogP contribution in [0, 0.1) is 12.7 Å². The van der Waals surface area contributed by atoms with Gasteiger partial charge in [-0.1, -0.05) is 6.07 Å². The van der Waals surface area contributed by atoms with Gasteiger partial charge in [0.2, 0.25) is 0 Å². The molecule has 26 heavy (non-hydrogen) atoms. The minimum absolute atomic E-state index is 0.195. The molecule has 2 aromatic carbocycles. The molecule has 7 nitrogen and oxygen atoms in total. The second-order valence-electron chi connectivity index (χ2n) is 5.57. The van der Waals surface area contributed by atoms with E-state index >= 15 is 0 Å². The number of carbonyl (C=O) groups excluding carboxylic acids is 3. The Bertz CT molecular complexity index is 837. The highest BCUT2D eigenvalue weighted by atomic mass is 19.1. The van der Waals surface area contributed by atoms with E-state index in [2.05, 4.69) is 10.6 Å². The minimum atomic E-state index is -1.09. The molecule has 4 N–H and O–H groups in total. The van der Waals surface area contributed by atoms with E-state index in [9.17, 15) is 18.8 Å². The molecule has 136 valence electrons. The third-order valence-electron chi connectivity index (χ3n) is 3.48. The van der Waals surface area contributed by atoms with E-state index in [0.29, 0.717) is 11.3 Å². The van der Waals surface area contributed by atoms with Crippen molar-refractivity contribution in [3.8, 4) is 0 Å². The lowest BCUT2D eigenvalue weighted by Gasteiger charge is -2.14. The van der Waals surface area contributed by atoms with E-state index in [1.165, 1.54) is 43.3 Å². The Balaban J connectivity index is 1.95. The van der Waals surface area contributed by atoms with E-state index in [4.69, 9.17) is 10.5 Å². The molecule has 0 bridgehead atoms. The van der Waals surface area contributed by atoms with Crippen LogP contribution in [-0.2, 0) is 9.53 Å². The van der Waals surface area contributed by atoms with Gasteiger partial charge in [-0.25, -0.2) is 14.0 Å². The highest BCUT2D eigenvalue weighted by Gasteiger charge is 2.19. The summed E-state index contributed by atoms with van der Waals surface area (Å²) in [6.07, 6.45) is -1.09. The van der Waals surface area contributed by atoms with Crippen LogP contribution in [0.5, 0.6) is 0 Å². The van der Waals surface area contributed by atoms with Crippen LogP contribution in [0.1, 0.15) is 22.8 Å². The van der Waals surface area contributed by atoms with Crippen LogP contribution in [0.15, 0.2) is 42.5 Å². The molecule has 0 aromatic heterocycles. The lowest BCUT2D eigenvalue weighted by atomic mass is 10.2. The normalized spacial score (nSPS) is 11.3. The molecule has 2 aromatic rings. The van der Waals surface area contributed by atoms with Gasteiger partial charge < -0.3 is 21.1 Å². The minimum Gasteiger partial charge on any atom is -0.449 e. The second kappa shape index (κ2) is 8.11. The number of esters is 1. The standard InChI is InChI=1S/C18H18FN3O4/c1-10-3-6-14(9-15(10)19)21-16(23)11(2)26-17(24)12-4-7-13(8-5-12)22-18(20)25/h3-9,11H,1-2H3,(H,21,23)(H3,20,22,25). The Labute approximate surface area is 149 Å². The zero-order valence-electron chi connectivity index (χ0n) is 14.2. The molecule has 0 heterocycles. The number of nitrogens with two attached hydrogens (primary N) is 1. The van der Waals surface area contributed by atoms with Crippen molar-refractivity contribution in [2.45, 2.75) is 20.0 Å². The number of ether oxygens (including phenoxy) is 1. The summed E-state index contributed by atoms with van der Waals surface area (Å²) in [5.74, 6) is -1.75. The Morgan fingerprint density at radius 1 is 1.04 bits per heavy atom. The van der Waals surface area contributed by atoms with Crippen LogP contribution in [0.4, 0.5) is 20.6 Å². The Kier molecular flexibility index (Phi) is 5.90. The van der Waals surface area contributed by atoms with Crippen molar-refractivity contribution in [2.24, 2.45) is 5.73 Å². The molecule has 0 saturated heterocycles. The first kappa shape index (κ1) is 18.9. The van der Waals surface area contributed by atoms with Crippen molar-refractivity contribution >= 4 is 29.3 Å². The smallest absolute Gasteiger partial charge is 0.338 e. The SMILES string of the molecule is Cc1ccc(NC(=O)C(C)OC(=O)c2ccc(NC(N)=O)cc2)cc1F. The van der Waals surface area contributed by atoms with Crippen molar-refractivity contribution < 1.29 is 23.5 Å². The number of aryl methyl sites for hydroxylation is 1. The van der Waals surface area contributed by atoms with E-state index in [1.807, 2.05) is 0 Å². The highest BCUT2D eigenvalue weighted by Crippen LogP contribution is 2.15. The summed E-state index contributed by atoms with van der Waals surface area (Å²) in [6, 6.07) is 9.34. The number of anilines is 2. The number of rotatable bonds is 5. The average Bonchev–Trinajstić information content (AvgIpc) is 2.58. The summed E-state index contributed by atoms with van der Waals surface area (Å²) < 4.78 is 18.6. The monoisotopic (exact) mass is 359 g/mol. The molecule has 0 spiro atoms. The lowest BCUT2D eigenvalue weighted by Crippen LogP contribution is -2.30. The zero-order chi connectivity index (χ0) is 19.3. The van der Waals surface area contributed by atoms with E-state index in [-0.39, 0.29) is 11.3 Å². The molecular weight excluding hydrogens is 341 g/mol. The average molecular weight is 359 g/mol. The molecule has 1 atom stereocenters. The fourth-order valence-corrected chi connectivity index (χ4v) is 2.03. The van der Waals surface area contributed by atoms with Gasteiger partial charge in [0.25, 0.3) is 5.91 Å². The summed E-state index contributed by atoms with van der Waals surface area (Å²) in [5.41, 5.74) is 6.33. The van der Waals surface area contributed by atoms with Crippen molar-refractivity contribution in [3.63, 3.8) is 0 Å². The number of primary amides is 1. The summed E-state index contributed by atoms with van der Waals surface area (Å²) in [4.78, 5) is 34.9. The van der Waals surface area contributed by atoms with Crippen LogP contribution in [0.25, 0.3) is 0 Å². The molecule has 2 rings (SSSR count). The Hall–Kier alpha value is -3.42. The largest absolute Gasteiger partial charge is 0.449 e. The number of benzene rings is 2. The van der Waals surface area contributed by atoms with E-state index in [0.717, 1.165) is 0 Å². The third kappa shape index (κ3) is 5.04. The van der Waals surface area contributed by atoms with Crippen LogP contribution >= 0.6 is 0 Å². The number of halogens is 1. The number of hydrogen-bond donors (Lipinski definition) is 3. The maximum atomic E-state index is 13.5. The van der Waals surface area contributed by atoms with Crippen LogP contribution < -0.4 is 16.4 Å². The third-order valence-corrected chi connectivity index (χ3v) is 3.48. The van der Waals surface area contributed by atoms with Crippen LogP contribution in [-0.4, -0.2) is 24.0 Å². The molecule has 0 saturated carbocycles. The van der Waals surface area contributed by atoms with Gasteiger partial charge in [-0.2, -0.15) is 0 Å². The number of urea groups is 1. The predicted molar refractivity (Wildman–Crippen MR) is 94.3 cm³/mol. The molecular formula is C18H18FN3O4. The van der Waals surface area contributed by atoms with Gasteiger partial charge in [-0.05, 0) is 55.8 Å². The van der Waals surface area contributed by atoms with Gasteiger partial charge >= 0.3 is 12.0 Å². The summed E-state index contributed by atoms with van der Waals surface area (Å²) >= 11 is 0. The molecule has 0 aliphatic heterocycles. The molecule has 0 aliphatic carbocycles. The predicted octanol–water partition coefficient (Wildman–Crippen LogP) is 2.81. The van der Waals surface area contributed by atoms with Gasteiger partial charge in [0.15, 0.2) is 6.10 Å². The van der Waals surface area contributed by atoms with Crippen molar-refractivity contribution in [1.82, 2.24) is 0 Å². The van der Waals surface area contributed by atoms with E-state index < -0.39 is 29.8 Å². The fourth-order valence-electron chi connectivity index (χ4n) is 2.03. The molecule has 0 fully saturated rings. The molecule has 8 heteroatoms. The van der Waals surface area contributed by atoms with Gasteiger partial charge in [-0.3, -0.25) is 4.79 Å². The van der Waals surface area contributed by atoms with Crippen molar-refractivity contribution in [3.05, 3.63) is 59.4 Å². The first-order valence-corrected chi connectivity index (χ1v) is 7.71. The van der Waals surface area contributed by atoms with Crippen molar-refractivity contribution in [2.75, 3.05) is 10.6 Å². The topological polar surface area (TPSA) is 111 Å². The summed E-state index contributed by atoms with van der Waals surface area (Å²) in [7, 11) is 0. The molecule has 0 radical (unpaired) electrons. The molecule has 0 aliphatic rings. The zero-order valence-corrected chi connectivity index (χ0v) is 14.2. The fraction of sp³-hybridized carbons (Fsp3) is 0.167. The van der Waals surface area contributed by atoms with Gasteiger partial charge in [0.05, 0.1) is 5.56 Å². The van der Waals surface area contributed by atoms with Crippen molar-refractivity contribution in [1.29, 1.82) is 0 Å². The highest BCUT2D eigenvalue weighted by molar-refractivity contribution is 5.97. The molecule has 3 amide bonds. The Morgan fingerprint density at radius 3 is 2.23 bits per heavy atom. The van der Waals surface area contributed by atoms with Gasteiger partial charge in [0.1, 0.15) is 5.82 Å².